The lowest BCUT2D eigenvalue weighted by molar-refractivity contribution is 0.0911. The number of thioether (sulfide) groups is 1. The van der Waals surface area contributed by atoms with Crippen LogP contribution >= 0.6 is 11.8 Å². The van der Waals surface area contributed by atoms with E-state index in [-0.39, 0.29) is 5.78 Å². The van der Waals surface area contributed by atoms with E-state index < -0.39 is 0 Å². The van der Waals surface area contributed by atoms with Crippen LogP contribution in [0.5, 0.6) is 0 Å². The second kappa shape index (κ2) is 5.68. The molecule has 0 aromatic heterocycles. The Morgan fingerprint density at radius 3 is 3.05 bits per heavy atom. The average Bonchev–Trinajstić information content (AvgIpc) is 2.88. The van der Waals surface area contributed by atoms with Crippen LogP contribution < -0.4 is 0 Å². The number of benzene rings is 1. The summed E-state index contributed by atoms with van der Waals surface area (Å²) in [6.07, 6.45) is 3.57. The first-order valence-corrected chi connectivity index (χ1v) is 8.36. The normalized spacial score (nSPS) is 23.3. The van der Waals surface area contributed by atoms with Gasteiger partial charge in [-0.3, -0.25) is 9.69 Å². The van der Waals surface area contributed by atoms with Crippen molar-refractivity contribution < 1.29 is 4.79 Å². The van der Waals surface area contributed by atoms with E-state index in [0.717, 1.165) is 30.0 Å². The second-order valence-electron chi connectivity index (χ2n) is 5.65. The number of aryl methyl sites for hydroxylation is 2. The molecule has 1 heterocycles. The molecule has 0 N–H and O–H groups in total. The fourth-order valence-corrected chi connectivity index (χ4v) is 4.10. The lowest BCUT2D eigenvalue weighted by Crippen LogP contribution is -2.43. The molecular formula is C16H21NOS. The molecule has 1 fully saturated rings. The van der Waals surface area contributed by atoms with Gasteiger partial charge >= 0.3 is 0 Å². The number of rotatable bonds is 3. The number of hydrogen-bond donors (Lipinski definition) is 0. The summed E-state index contributed by atoms with van der Waals surface area (Å²) in [5, 5.41) is 0. The first-order valence-electron chi connectivity index (χ1n) is 7.21. The zero-order valence-corrected chi connectivity index (χ0v) is 12.3. The number of nitrogens with zero attached hydrogens (tertiary/aromatic N) is 1. The largest absolute Gasteiger partial charge is 0.293 e. The summed E-state index contributed by atoms with van der Waals surface area (Å²) in [5.41, 5.74) is 3.75. The molecule has 19 heavy (non-hydrogen) atoms. The van der Waals surface area contributed by atoms with Gasteiger partial charge in [-0.15, -0.1) is 0 Å². The van der Waals surface area contributed by atoms with Crippen LogP contribution in [0.25, 0.3) is 0 Å². The minimum atomic E-state index is 0.286. The third-order valence-corrected chi connectivity index (χ3v) is 5.46. The minimum absolute atomic E-state index is 0.286. The third-order valence-electron chi connectivity index (χ3n) is 4.27. The van der Waals surface area contributed by atoms with Gasteiger partial charge in [0.1, 0.15) is 0 Å². The molecule has 1 aromatic rings. The van der Waals surface area contributed by atoms with E-state index in [1.165, 1.54) is 24.0 Å². The molecule has 102 valence electrons. The number of Topliss-reactive ketones (excluding diaryl/α,β-unsaturated/α-hetero) is 1. The Balaban J connectivity index is 1.70. The van der Waals surface area contributed by atoms with Gasteiger partial charge in [0.05, 0.1) is 6.54 Å². The summed E-state index contributed by atoms with van der Waals surface area (Å²) in [7, 11) is 0. The van der Waals surface area contributed by atoms with Gasteiger partial charge in [0.2, 0.25) is 0 Å². The fraction of sp³-hybridized carbons (Fsp3) is 0.562. The summed E-state index contributed by atoms with van der Waals surface area (Å²) in [6.45, 7) is 3.85. The molecule has 1 saturated heterocycles. The molecule has 1 unspecified atom stereocenters. The van der Waals surface area contributed by atoms with Crippen LogP contribution in [0.4, 0.5) is 0 Å². The van der Waals surface area contributed by atoms with E-state index in [9.17, 15) is 4.79 Å². The fourth-order valence-electron chi connectivity index (χ4n) is 3.02. The van der Waals surface area contributed by atoms with Crippen LogP contribution in [-0.4, -0.2) is 41.3 Å². The maximum absolute atomic E-state index is 12.4. The summed E-state index contributed by atoms with van der Waals surface area (Å²) in [6, 6.07) is 6.84. The van der Waals surface area contributed by atoms with Crippen molar-refractivity contribution in [2.75, 3.05) is 24.6 Å². The Morgan fingerprint density at radius 2 is 2.21 bits per heavy atom. The Labute approximate surface area is 119 Å². The second-order valence-corrected chi connectivity index (χ2v) is 6.80. The number of fused-ring (bicyclic) bond motifs is 1. The Morgan fingerprint density at radius 1 is 1.37 bits per heavy atom. The molecule has 1 aromatic carbocycles. The van der Waals surface area contributed by atoms with E-state index >= 15 is 0 Å². The summed E-state index contributed by atoms with van der Waals surface area (Å²) < 4.78 is 0. The number of carbonyl (C=O) groups is 1. The maximum atomic E-state index is 12.4. The molecule has 1 aliphatic heterocycles. The molecule has 0 spiro atoms. The Bertz CT molecular complexity index is 486. The highest BCUT2D eigenvalue weighted by atomic mass is 32.2. The smallest absolute Gasteiger partial charge is 0.176 e. The first-order chi connectivity index (χ1) is 9.24. The monoisotopic (exact) mass is 275 g/mol. The first kappa shape index (κ1) is 13.2. The van der Waals surface area contributed by atoms with E-state index in [4.69, 9.17) is 0 Å². The minimum Gasteiger partial charge on any atom is -0.293 e. The highest BCUT2D eigenvalue weighted by Gasteiger charge is 2.22. The highest BCUT2D eigenvalue weighted by Crippen LogP contribution is 2.23. The van der Waals surface area contributed by atoms with Gasteiger partial charge in [0.25, 0.3) is 0 Å². The molecule has 1 atom stereocenters. The van der Waals surface area contributed by atoms with E-state index in [1.807, 2.05) is 17.8 Å². The van der Waals surface area contributed by atoms with Crippen molar-refractivity contribution in [3.05, 3.63) is 34.9 Å². The number of carbonyl (C=O) groups excluding carboxylic acids is 1. The van der Waals surface area contributed by atoms with Gasteiger partial charge in [-0.2, -0.15) is 11.8 Å². The molecular weight excluding hydrogens is 254 g/mol. The van der Waals surface area contributed by atoms with Gasteiger partial charge in [-0.25, -0.2) is 0 Å². The number of ketones is 1. The molecule has 3 heteroatoms. The van der Waals surface area contributed by atoms with Gasteiger partial charge in [0, 0.05) is 29.7 Å². The predicted octanol–water partition coefficient (Wildman–Crippen LogP) is 2.80. The maximum Gasteiger partial charge on any atom is 0.176 e. The topological polar surface area (TPSA) is 20.3 Å². The van der Waals surface area contributed by atoms with Crippen molar-refractivity contribution in [3.8, 4) is 0 Å². The summed E-state index contributed by atoms with van der Waals surface area (Å²) in [5.74, 6) is 2.59. The molecule has 0 saturated carbocycles. The van der Waals surface area contributed by atoms with Gasteiger partial charge in [-0.1, -0.05) is 12.1 Å². The highest BCUT2D eigenvalue weighted by molar-refractivity contribution is 7.99. The lowest BCUT2D eigenvalue weighted by atomic mass is 10.0. The van der Waals surface area contributed by atoms with Crippen molar-refractivity contribution in [2.24, 2.45) is 0 Å². The van der Waals surface area contributed by atoms with Crippen molar-refractivity contribution in [3.63, 3.8) is 0 Å². The van der Waals surface area contributed by atoms with E-state index in [2.05, 4.69) is 24.0 Å². The quantitative estimate of drug-likeness (QED) is 0.791. The molecule has 2 aliphatic rings. The molecule has 1 aliphatic carbocycles. The van der Waals surface area contributed by atoms with Crippen molar-refractivity contribution in [2.45, 2.75) is 32.2 Å². The predicted molar refractivity (Wildman–Crippen MR) is 81.2 cm³/mol. The molecule has 3 rings (SSSR count). The van der Waals surface area contributed by atoms with Gasteiger partial charge < -0.3 is 0 Å². The van der Waals surface area contributed by atoms with Crippen LogP contribution in [0.2, 0.25) is 0 Å². The number of hydrogen-bond acceptors (Lipinski definition) is 3. The lowest BCUT2D eigenvalue weighted by Gasteiger charge is -2.32. The average molecular weight is 275 g/mol. The van der Waals surface area contributed by atoms with Gasteiger partial charge in [-0.05, 0) is 43.4 Å². The van der Waals surface area contributed by atoms with Crippen molar-refractivity contribution >= 4 is 17.5 Å². The zero-order valence-electron chi connectivity index (χ0n) is 11.5. The SMILES string of the molecule is CC1CSCCN1CC(=O)c1ccc2c(c1)CCC2. The third kappa shape index (κ3) is 2.87. The van der Waals surface area contributed by atoms with Crippen LogP contribution in [0.3, 0.4) is 0 Å². The standard InChI is InChI=1S/C16H21NOS/c1-12-11-19-8-7-17(12)10-16(18)15-6-5-13-3-2-4-14(13)9-15/h5-6,9,12H,2-4,7-8,10-11H2,1H3. The molecule has 0 radical (unpaired) electrons. The van der Waals surface area contributed by atoms with Crippen molar-refractivity contribution in [1.29, 1.82) is 0 Å². The van der Waals surface area contributed by atoms with Crippen LogP contribution in [0, 0.1) is 0 Å². The summed E-state index contributed by atoms with van der Waals surface area (Å²) in [4.78, 5) is 14.7. The molecule has 0 bridgehead atoms. The van der Waals surface area contributed by atoms with Crippen molar-refractivity contribution in [1.82, 2.24) is 4.90 Å². The molecule has 2 nitrogen and oxygen atoms in total. The Kier molecular flexibility index (Phi) is 3.94. The van der Waals surface area contributed by atoms with Crippen LogP contribution in [0.15, 0.2) is 18.2 Å². The summed E-state index contributed by atoms with van der Waals surface area (Å²) >= 11 is 1.99. The Hall–Kier alpha value is -0.800. The molecule has 0 amide bonds. The van der Waals surface area contributed by atoms with Crippen LogP contribution in [-0.2, 0) is 12.8 Å². The van der Waals surface area contributed by atoms with E-state index in [0.29, 0.717) is 12.6 Å². The zero-order chi connectivity index (χ0) is 13.2. The van der Waals surface area contributed by atoms with Crippen LogP contribution in [0.1, 0.15) is 34.8 Å². The van der Waals surface area contributed by atoms with Gasteiger partial charge in [0.15, 0.2) is 5.78 Å². The van der Waals surface area contributed by atoms with E-state index in [1.54, 1.807) is 0 Å².